The largest absolute Gasteiger partial charge is 0.488 e. The number of nitrogens with two attached hydrogens (primary N) is 2. The van der Waals surface area contributed by atoms with Crippen LogP contribution in [0.4, 0.5) is 22.0 Å². The summed E-state index contributed by atoms with van der Waals surface area (Å²) >= 11 is 25.2. The highest BCUT2D eigenvalue weighted by Gasteiger charge is 2.22. The molecule has 10 aromatic rings. The number of nitrogens with zero attached hydrogens (tertiary/aromatic N) is 12. The van der Waals surface area contributed by atoms with Crippen molar-refractivity contribution in [3.05, 3.63) is 234 Å². The van der Waals surface area contributed by atoms with E-state index in [-0.39, 0.29) is 41.1 Å². The molecule has 582 valence electrons. The Labute approximate surface area is 663 Å². The highest BCUT2D eigenvalue weighted by atomic mass is 79.9. The van der Waals surface area contributed by atoms with Gasteiger partial charge in [0.25, 0.3) is 0 Å². The number of pyridine rings is 8. The molecule has 4 unspecified atom stereocenters. The lowest BCUT2D eigenvalue weighted by Crippen LogP contribution is -2.32. The van der Waals surface area contributed by atoms with Crippen LogP contribution < -0.4 is 25.8 Å². The van der Waals surface area contributed by atoms with Gasteiger partial charge in [0.05, 0.1) is 58.1 Å². The van der Waals surface area contributed by atoms with Crippen molar-refractivity contribution >= 4 is 137 Å². The Hall–Kier alpha value is -7.13. The first kappa shape index (κ1) is 95.1. The second-order valence-electron chi connectivity index (χ2n) is 26.2. The quantitative estimate of drug-likeness (QED) is 0.0205. The van der Waals surface area contributed by atoms with Crippen LogP contribution in [0.5, 0.6) is 0 Å². The third kappa shape index (κ3) is 34.4. The number of hydrogen-bond acceptors (Lipinski definition) is 18. The van der Waals surface area contributed by atoms with Gasteiger partial charge in [-0.15, -0.1) is 0 Å². The van der Waals surface area contributed by atoms with E-state index in [1.54, 1.807) is 114 Å². The SMILES string of the molecule is CC(C)(C)S(=O)N=Cc1cnc(Cl)c(F)c1.CC(C)(C)S(=O)NCc1cnc(Cl)c(F)c1.CC(C)(C)S(N)=O.Cc1cc(-c2ncc(CN)cc2F)ccn1.Cc1cc(-c2ncc(CNS(=O)C(C)(C)C)cc2F)ccn1.Cc1cc(B(O)O)ccn1.Clc1nccn2c(Br)cnc12.O=Cc1cnc(Cl)c(F)c1. The van der Waals surface area contributed by atoms with Gasteiger partial charge in [-0.05, 0) is 209 Å². The summed E-state index contributed by atoms with van der Waals surface area (Å²) in [6.45, 7) is 28.5. The molecule has 38 heteroatoms. The fourth-order valence-corrected chi connectivity index (χ4v) is 10.0. The van der Waals surface area contributed by atoms with Crippen molar-refractivity contribution in [2.45, 2.75) is 142 Å². The maximum Gasteiger partial charge on any atom is 0.488 e. The zero-order chi connectivity index (χ0) is 81.6. The molecule has 8 N–H and O–H groups in total. The zero-order valence-corrected chi connectivity index (χ0v) is 69.3. The predicted molar refractivity (Wildman–Crippen MR) is 427 cm³/mol. The van der Waals surface area contributed by atoms with Gasteiger partial charge in [0, 0.05) is 127 Å². The summed E-state index contributed by atoms with van der Waals surface area (Å²) < 4.78 is 123. The molecular weight excluding hydrogens is 1630 g/mol. The molecular formula is C70H83BBrCl4F5N16O7S4. The van der Waals surface area contributed by atoms with Gasteiger partial charge in [-0.2, -0.15) is 4.40 Å². The van der Waals surface area contributed by atoms with Crippen molar-refractivity contribution in [3.63, 3.8) is 0 Å². The molecule has 0 aromatic carbocycles. The van der Waals surface area contributed by atoms with E-state index in [9.17, 15) is 43.6 Å². The molecule has 23 nitrogen and oxygen atoms in total. The number of aldehydes is 1. The summed E-state index contributed by atoms with van der Waals surface area (Å²) in [5, 5.41) is 22.3. The van der Waals surface area contributed by atoms with Crippen molar-refractivity contribution in [3.8, 4) is 22.5 Å². The molecule has 0 radical (unpaired) electrons. The van der Waals surface area contributed by atoms with Crippen molar-refractivity contribution in [1.82, 2.24) is 63.7 Å². The van der Waals surface area contributed by atoms with E-state index in [0.717, 1.165) is 33.3 Å². The number of aryl methyl sites for hydroxylation is 3. The van der Waals surface area contributed by atoms with Crippen LogP contribution in [0.1, 0.15) is 133 Å². The van der Waals surface area contributed by atoms with E-state index in [1.165, 1.54) is 49.1 Å². The smallest absolute Gasteiger partial charge is 0.423 e. The Morgan fingerprint density at radius 1 is 0.519 bits per heavy atom. The number of rotatable bonds is 13. The van der Waals surface area contributed by atoms with Crippen molar-refractivity contribution in [1.29, 1.82) is 0 Å². The summed E-state index contributed by atoms with van der Waals surface area (Å²) in [6.07, 6.45) is 19.0. The zero-order valence-electron chi connectivity index (χ0n) is 61.4. The van der Waals surface area contributed by atoms with Gasteiger partial charge in [-0.25, -0.2) is 73.2 Å². The topological polar surface area (TPSA) is 348 Å². The Morgan fingerprint density at radius 2 is 0.926 bits per heavy atom. The van der Waals surface area contributed by atoms with Crippen LogP contribution in [-0.4, -0.2) is 120 Å². The standard InChI is InChI=1S/C16H20FN3OS.C12H12FN3.C10H14ClFN2OS.C10H12ClFN2OS.C6H8BNO2.C6H3BrClN3.C6H3ClFNO.C4H11NOS/c1-11-7-13(5-6-18-11)15-14(17)8-12(9-19-15)10-20-22(21)16(2,3)4;1-8-4-10(2-3-15-8)12-11(13)5-9(6-14)7-16-12;2*1-10(2,3)16(15)14-6-7-4-8(12)9(11)13-5-7;1-5-4-6(7(9)10)2-3-8-5;7-4-3-10-6-5(8)9-1-2-11(4)6;7-6-5(8)1-4(3-10)2-9-6;1-4(2,3)7(5)6/h5-9,20H,10H2,1-4H3;2-5,7H,6,14H2,1H3;4-5,14H,6H2,1-3H3;4-6H,1-3H3;2-4,9-10H,1H3;1-3H;1-3H;5H2,1-3H3. The van der Waals surface area contributed by atoms with Crippen LogP contribution in [0.25, 0.3) is 28.2 Å². The minimum atomic E-state index is -1.39. The van der Waals surface area contributed by atoms with Crippen molar-refractivity contribution in [2.24, 2.45) is 15.3 Å². The Morgan fingerprint density at radius 3 is 1.31 bits per heavy atom. The first-order chi connectivity index (χ1) is 50.2. The summed E-state index contributed by atoms with van der Waals surface area (Å²) in [6, 6.07) is 16.6. The van der Waals surface area contributed by atoms with E-state index >= 15 is 0 Å². The molecule has 4 atom stereocenters. The summed E-state index contributed by atoms with van der Waals surface area (Å²) in [4.78, 5) is 49.0. The van der Waals surface area contributed by atoms with E-state index < -0.39 is 79.1 Å². The molecule has 0 saturated carbocycles. The Bertz CT molecular complexity index is 4740. The van der Waals surface area contributed by atoms with E-state index in [4.69, 9.17) is 67.3 Å². The lowest BCUT2D eigenvalue weighted by atomic mass is 9.81. The normalized spacial score (nSPS) is 12.3. The van der Waals surface area contributed by atoms with E-state index in [2.05, 4.69) is 79.6 Å². The second kappa shape index (κ2) is 45.3. The van der Waals surface area contributed by atoms with Crippen LogP contribution in [0.3, 0.4) is 0 Å². The lowest BCUT2D eigenvalue weighted by Gasteiger charge is -2.18. The molecule has 0 aliphatic carbocycles. The summed E-state index contributed by atoms with van der Waals surface area (Å²) in [5.74, 6) is -2.61. The van der Waals surface area contributed by atoms with Gasteiger partial charge < -0.3 is 15.8 Å². The maximum absolute atomic E-state index is 14.2. The maximum atomic E-state index is 14.2. The molecule has 0 amide bonds. The molecule has 0 aliphatic rings. The Kier molecular flexibility index (Phi) is 39.8. The number of imidazole rings is 1. The minimum Gasteiger partial charge on any atom is -0.423 e. The molecule has 0 fully saturated rings. The van der Waals surface area contributed by atoms with Crippen molar-refractivity contribution in [2.75, 3.05) is 0 Å². The Balaban J connectivity index is 0.000000326. The van der Waals surface area contributed by atoms with E-state index in [1.807, 2.05) is 80.6 Å². The fourth-order valence-electron chi connectivity index (χ4n) is 7.12. The third-order valence-electron chi connectivity index (χ3n) is 12.9. The number of nitrogens with one attached hydrogen (secondary N) is 2. The van der Waals surface area contributed by atoms with Gasteiger partial charge in [0.1, 0.15) is 38.6 Å². The molecule has 0 saturated heterocycles. The number of hydrogen-bond donors (Lipinski definition) is 6. The van der Waals surface area contributed by atoms with Crippen LogP contribution in [0.2, 0.25) is 20.6 Å². The number of halogens is 10. The lowest BCUT2D eigenvalue weighted by molar-refractivity contribution is 0.112. The molecule has 10 heterocycles. The molecule has 0 spiro atoms. The number of carbonyl (C=O) groups is 1. The highest BCUT2D eigenvalue weighted by Crippen LogP contribution is 2.24. The average molecular weight is 1720 g/mol. The average Bonchev–Trinajstić information content (AvgIpc) is 1.76. The molecule has 0 aliphatic heterocycles. The first-order valence-electron chi connectivity index (χ1n) is 31.8. The molecule has 10 aromatic heterocycles. The number of fused-ring (bicyclic) bond motifs is 1. The van der Waals surface area contributed by atoms with Crippen LogP contribution >= 0.6 is 62.3 Å². The van der Waals surface area contributed by atoms with Crippen LogP contribution in [0, 0.1) is 49.9 Å². The number of aromatic nitrogens is 11. The first-order valence-corrected chi connectivity index (χ1v) is 38.7. The van der Waals surface area contributed by atoms with Gasteiger partial charge in [-0.1, -0.05) is 46.4 Å². The minimum absolute atomic E-state index is 0.152. The highest BCUT2D eigenvalue weighted by molar-refractivity contribution is 9.10. The van der Waals surface area contributed by atoms with E-state index in [0.29, 0.717) is 81.4 Å². The molecule has 108 heavy (non-hydrogen) atoms. The predicted octanol–water partition coefficient (Wildman–Crippen LogP) is 13.7. The van der Waals surface area contributed by atoms with Crippen molar-refractivity contribution < 1.29 is 53.6 Å². The summed E-state index contributed by atoms with van der Waals surface area (Å²) in [5.41, 5.74) is 13.6. The van der Waals surface area contributed by atoms with Crippen LogP contribution in [-0.2, 0) is 63.6 Å². The van der Waals surface area contributed by atoms with Crippen LogP contribution in [0.15, 0.2) is 144 Å². The van der Waals surface area contributed by atoms with Gasteiger partial charge >= 0.3 is 7.12 Å². The van der Waals surface area contributed by atoms with Gasteiger partial charge in [-0.3, -0.25) is 39.3 Å². The second-order valence-corrected chi connectivity index (χ2v) is 36.3. The molecule has 0 bridgehead atoms. The molecule has 10 rings (SSSR count). The summed E-state index contributed by atoms with van der Waals surface area (Å²) in [7, 11) is -6.31. The van der Waals surface area contributed by atoms with Gasteiger partial charge in [0.15, 0.2) is 50.0 Å². The third-order valence-corrected chi connectivity index (χ3v) is 20.2. The monoisotopic (exact) mass is 1710 g/mol. The van der Waals surface area contributed by atoms with Gasteiger partial charge in [0.2, 0.25) is 0 Å². The number of carbonyl (C=O) groups excluding carboxylic acids is 1. The fraction of sp³-hybridized carbons (Fsp3) is 0.314.